The fourth-order valence-corrected chi connectivity index (χ4v) is 3.65. The number of rotatable bonds is 5. The van der Waals surface area contributed by atoms with E-state index in [2.05, 4.69) is 51.1 Å². The molecule has 0 radical (unpaired) electrons. The summed E-state index contributed by atoms with van der Waals surface area (Å²) in [6.07, 6.45) is 1.13. The van der Waals surface area contributed by atoms with Crippen LogP contribution in [-0.4, -0.2) is 6.54 Å². The van der Waals surface area contributed by atoms with E-state index in [4.69, 9.17) is 0 Å². The van der Waals surface area contributed by atoms with Crippen molar-refractivity contribution in [2.75, 3.05) is 6.54 Å². The summed E-state index contributed by atoms with van der Waals surface area (Å²) in [5, 5.41) is 7.83. The van der Waals surface area contributed by atoms with Crippen LogP contribution in [0.5, 0.6) is 0 Å². The summed E-state index contributed by atoms with van der Waals surface area (Å²) < 4.78 is 1.21. The molecule has 2 aromatic heterocycles. The topological polar surface area (TPSA) is 12.0 Å². The van der Waals surface area contributed by atoms with Gasteiger partial charge < -0.3 is 5.32 Å². The van der Waals surface area contributed by atoms with Gasteiger partial charge in [0.1, 0.15) is 0 Å². The SMILES string of the molecule is Cc1ccsc1CCNCc1csc(Br)c1. The summed E-state index contributed by atoms with van der Waals surface area (Å²) in [6, 6.07) is 4.37. The van der Waals surface area contributed by atoms with Gasteiger partial charge in [-0.15, -0.1) is 22.7 Å². The third-order valence-electron chi connectivity index (χ3n) is 2.45. The Kier molecular flexibility index (Phi) is 4.58. The molecule has 1 nitrogen and oxygen atoms in total. The molecule has 0 spiro atoms. The molecule has 0 saturated heterocycles. The van der Waals surface area contributed by atoms with Gasteiger partial charge in [-0.2, -0.15) is 0 Å². The number of thiophene rings is 2. The number of nitrogens with one attached hydrogen (secondary N) is 1. The molecule has 0 amide bonds. The van der Waals surface area contributed by atoms with Gasteiger partial charge in [0, 0.05) is 18.0 Å². The number of halogens is 1. The van der Waals surface area contributed by atoms with Crippen molar-refractivity contribution in [1.82, 2.24) is 5.32 Å². The first-order chi connectivity index (χ1) is 7.75. The second-order valence-corrected chi connectivity index (χ2v) is 7.00. The Hall–Kier alpha value is -0.160. The zero-order chi connectivity index (χ0) is 11.4. The average Bonchev–Trinajstić information content (AvgIpc) is 2.83. The lowest BCUT2D eigenvalue weighted by molar-refractivity contribution is 0.691. The highest BCUT2D eigenvalue weighted by Crippen LogP contribution is 2.20. The third-order valence-corrected chi connectivity index (χ3v) is 5.08. The highest BCUT2D eigenvalue weighted by Gasteiger charge is 2.00. The van der Waals surface area contributed by atoms with Crippen LogP contribution >= 0.6 is 38.6 Å². The van der Waals surface area contributed by atoms with Crippen molar-refractivity contribution in [2.24, 2.45) is 0 Å². The van der Waals surface area contributed by atoms with Crippen LogP contribution in [0.2, 0.25) is 0 Å². The summed E-state index contributed by atoms with van der Waals surface area (Å²) in [6.45, 7) is 4.20. The van der Waals surface area contributed by atoms with Crippen LogP contribution in [-0.2, 0) is 13.0 Å². The van der Waals surface area contributed by atoms with Gasteiger partial charge in [-0.3, -0.25) is 0 Å². The largest absolute Gasteiger partial charge is 0.312 e. The van der Waals surface area contributed by atoms with Gasteiger partial charge in [-0.05, 0) is 63.3 Å². The van der Waals surface area contributed by atoms with Crippen LogP contribution < -0.4 is 5.32 Å². The van der Waals surface area contributed by atoms with Crippen LogP contribution in [0.25, 0.3) is 0 Å². The van der Waals surface area contributed by atoms with Crippen LogP contribution in [0, 0.1) is 6.92 Å². The quantitative estimate of drug-likeness (QED) is 0.815. The second-order valence-electron chi connectivity index (χ2n) is 3.71. The zero-order valence-corrected chi connectivity index (χ0v) is 12.3. The molecule has 0 bridgehead atoms. The van der Waals surface area contributed by atoms with Gasteiger partial charge in [-0.1, -0.05) is 0 Å². The van der Waals surface area contributed by atoms with Crippen molar-refractivity contribution in [3.05, 3.63) is 42.7 Å². The summed E-state index contributed by atoms with van der Waals surface area (Å²) in [5.74, 6) is 0. The minimum absolute atomic E-state index is 0.965. The minimum atomic E-state index is 0.965. The Bertz CT molecular complexity index is 447. The lowest BCUT2D eigenvalue weighted by Gasteiger charge is -2.02. The molecular formula is C12H14BrNS2. The predicted octanol–water partition coefficient (Wildman–Crippen LogP) is 4.21. The standard InChI is InChI=1S/C12H14BrNS2/c1-9-3-5-15-11(9)2-4-14-7-10-6-12(13)16-8-10/h3,5-6,8,14H,2,4,7H2,1H3. The van der Waals surface area contributed by atoms with Crippen molar-refractivity contribution < 1.29 is 0 Å². The second kappa shape index (κ2) is 5.96. The van der Waals surface area contributed by atoms with E-state index in [-0.39, 0.29) is 0 Å². The fraction of sp³-hybridized carbons (Fsp3) is 0.333. The maximum absolute atomic E-state index is 3.47. The Labute approximate surface area is 113 Å². The minimum Gasteiger partial charge on any atom is -0.312 e. The van der Waals surface area contributed by atoms with E-state index in [9.17, 15) is 0 Å². The number of hydrogen-bond acceptors (Lipinski definition) is 3. The molecule has 4 heteroatoms. The summed E-state index contributed by atoms with van der Waals surface area (Å²) in [7, 11) is 0. The highest BCUT2D eigenvalue weighted by atomic mass is 79.9. The summed E-state index contributed by atoms with van der Waals surface area (Å²) >= 11 is 7.07. The van der Waals surface area contributed by atoms with Gasteiger partial charge in [0.25, 0.3) is 0 Å². The van der Waals surface area contributed by atoms with Crippen molar-refractivity contribution in [1.29, 1.82) is 0 Å². The molecule has 2 rings (SSSR count). The van der Waals surface area contributed by atoms with Gasteiger partial charge >= 0.3 is 0 Å². The Morgan fingerprint density at radius 3 is 2.88 bits per heavy atom. The number of hydrogen-bond donors (Lipinski definition) is 1. The molecule has 0 aliphatic rings. The molecule has 0 aliphatic heterocycles. The molecule has 0 aliphatic carbocycles. The molecule has 0 saturated carbocycles. The Balaban J connectivity index is 1.71. The first kappa shape index (κ1) is 12.3. The van der Waals surface area contributed by atoms with Crippen LogP contribution in [0.15, 0.2) is 26.7 Å². The smallest absolute Gasteiger partial charge is 0.0701 e. The lowest BCUT2D eigenvalue weighted by atomic mass is 10.2. The van der Waals surface area contributed by atoms with Crippen LogP contribution in [0.3, 0.4) is 0 Å². The van der Waals surface area contributed by atoms with E-state index in [0.29, 0.717) is 0 Å². The third kappa shape index (κ3) is 3.42. The van der Waals surface area contributed by atoms with E-state index >= 15 is 0 Å². The molecule has 1 N–H and O–H groups in total. The van der Waals surface area contributed by atoms with E-state index in [1.165, 1.54) is 19.8 Å². The normalized spacial score (nSPS) is 10.9. The molecule has 2 aromatic rings. The molecule has 0 unspecified atom stereocenters. The zero-order valence-electron chi connectivity index (χ0n) is 9.13. The maximum Gasteiger partial charge on any atom is 0.0701 e. The van der Waals surface area contributed by atoms with Crippen molar-refractivity contribution in [2.45, 2.75) is 19.9 Å². The molecular weight excluding hydrogens is 302 g/mol. The van der Waals surface area contributed by atoms with Gasteiger partial charge in [0.15, 0.2) is 0 Å². The van der Waals surface area contributed by atoms with Crippen molar-refractivity contribution in [3.8, 4) is 0 Å². The average molecular weight is 316 g/mol. The molecule has 0 aromatic carbocycles. The lowest BCUT2D eigenvalue weighted by Crippen LogP contribution is -2.16. The van der Waals surface area contributed by atoms with Gasteiger partial charge in [0.05, 0.1) is 3.79 Å². The highest BCUT2D eigenvalue weighted by molar-refractivity contribution is 9.11. The number of aryl methyl sites for hydroxylation is 1. The molecule has 86 valence electrons. The maximum atomic E-state index is 3.47. The monoisotopic (exact) mass is 315 g/mol. The first-order valence-corrected chi connectivity index (χ1v) is 7.77. The van der Waals surface area contributed by atoms with E-state index < -0.39 is 0 Å². The Morgan fingerprint density at radius 1 is 1.38 bits per heavy atom. The first-order valence-electron chi connectivity index (χ1n) is 5.22. The predicted molar refractivity (Wildman–Crippen MR) is 76.5 cm³/mol. The van der Waals surface area contributed by atoms with Crippen LogP contribution in [0.1, 0.15) is 16.0 Å². The van der Waals surface area contributed by atoms with Crippen molar-refractivity contribution >= 4 is 38.6 Å². The molecule has 16 heavy (non-hydrogen) atoms. The van der Waals surface area contributed by atoms with E-state index in [0.717, 1.165) is 19.5 Å². The van der Waals surface area contributed by atoms with Gasteiger partial charge in [0.2, 0.25) is 0 Å². The Morgan fingerprint density at radius 2 is 2.25 bits per heavy atom. The van der Waals surface area contributed by atoms with Crippen molar-refractivity contribution in [3.63, 3.8) is 0 Å². The fourth-order valence-electron chi connectivity index (χ4n) is 1.53. The van der Waals surface area contributed by atoms with E-state index in [1.54, 1.807) is 11.3 Å². The van der Waals surface area contributed by atoms with Gasteiger partial charge in [-0.25, -0.2) is 0 Å². The summed E-state index contributed by atoms with van der Waals surface area (Å²) in [5.41, 5.74) is 2.78. The van der Waals surface area contributed by atoms with E-state index in [1.807, 2.05) is 11.3 Å². The molecule has 2 heterocycles. The van der Waals surface area contributed by atoms with Crippen LogP contribution in [0.4, 0.5) is 0 Å². The molecule has 0 fully saturated rings. The summed E-state index contributed by atoms with van der Waals surface area (Å²) in [4.78, 5) is 1.50. The molecule has 0 atom stereocenters.